The number of H-pyrrole nitrogens is 1. The van der Waals surface area contributed by atoms with Gasteiger partial charge in [0.05, 0.1) is 27.0 Å². The molecule has 214 valence electrons. The molecule has 3 aromatic carbocycles. The van der Waals surface area contributed by atoms with Crippen LogP contribution < -0.4 is 19.5 Å². The molecular weight excluding hydrogens is 520 g/mol. The van der Waals surface area contributed by atoms with Gasteiger partial charge in [-0.15, -0.1) is 0 Å². The molecule has 9 heteroatoms. The van der Waals surface area contributed by atoms with Crippen LogP contribution in [0.3, 0.4) is 0 Å². The number of methoxy groups -OCH3 is 3. The standard InChI is InChI=1S/C32H36N4O5/c1-39-28-11-7-6-10-27(28)34-32(38)36(24-13-14-24)21-31(37)35(20-22-12-15-29(40-2)30(18-22)41-3)17-16-23-19-33-26-9-5-4-8-25(23)26/h4-12,15,18-19,24,33H,13-14,16-17,20-21H2,1-3H3,(H,34,38). The van der Waals surface area contributed by atoms with Crippen LogP contribution in [0, 0.1) is 0 Å². The van der Waals surface area contributed by atoms with E-state index in [0.717, 1.165) is 34.9 Å². The third kappa shape index (κ3) is 6.57. The van der Waals surface area contributed by atoms with Crippen molar-refractivity contribution < 1.29 is 23.8 Å². The molecule has 0 unspecified atom stereocenters. The van der Waals surface area contributed by atoms with E-state index < -0.39 is 0 Å². The van der Waals surface area contributed by atoms with Crippen molar-refractivity contribution in [3.8, 4) is 17.2 Å². The molecule has 41 heavy (non-hydrogen) atoms. The van der Waals surface area contributed by atoms with E-state index in [-0.39, 0.29) is 24.5 Å². The fourth-order valence-electron chi connectivity index (χ4n) is 5.02. The van der Waals surface area contributed by atoms with Crippen molar-refractivity contribution in [2.75, 3.05) is 39.7 Å². The minimum Gasteiger partial charge on any atom is -0.495 e. The SMILES string of the molecule is COc1ccccc1NC(=O)N(CC(=O)N(CCc1c[nH]c2ccccc12)Cc1ccc(OC)c(OC)c1)C1CC1. The number of aromatic amines is 1. The van der Waals surface area contributed by atoms with E-state index in [1.54, 1.807) is 38.4 Å². The highest BCUT2D eigenvalue weighted by Gasteiger charge is 2.35. The van der Waals surface area contributed by atoms with Crippen LogP contribution in [-0.4, -0.2) is 67.2 Å². The van der Waals surface area contributed by atoms with E-state index in [0.29, 0.717) is 42.4 Å². The van der Waals surface area contributed by atoms with E-state index in [1.165, 1.54) is 0 Å². The quantitative estimate of drug-likeness (QED) is 0.242. The van der Waals surface area contributed by atoms with Crippen LogP contribution in [-0.2, 0) is 17.8 Å². The molecule has 1 aliphatic carbocycles. The number of aromatic nitrogens is 1. The summed E-state index contributed by atoms with van der Waals surface area (Å²) < 4.78 is 16.3. The lowest BCUT2D eigenvalue weighted by Gasteiger charge is -2.28. The number of urea groups is 1. The topological polar surface area (TPSA) is 96.1 Å². The Labute approximate surface area is 240 Å². The summed E-state index contributed by atoms with van der Waals surface area (Å²) in [5.74, 6) is 1.67. The van der Waals surface area contributed by atoms with E-state index in [4.69, 9.17) is 14.2 Å². The summed E-state index contributed by atoms with van der Waals surface area (Å²) in [6, 6.07) is 20.8. The second kappa shape index (κ2) is 12.7. The molecule has 1 saturated carbocycles. The van der Waals surface area contributed by atoms with Crippen molar-refractivity contribution in [1.29, 1.82) is 0 Å². The molecule has 0 saturated heterocycles. The van der Waals surface area contributed by atoms with Crippen molar-refractivity contribution in [2.24, 2.45) is 0 Å². The Bertz CT molecular complexity index is 1510. The van der Waals surface area contributed by atoms with Crippen LogP contribution in [0.5, 0.6) is 17.2 Å². The molecule has 0 bridgehead atoms. The molecule has 2 N–H and O–H groups in total. The van der Waals surface area contributed by atoms with E-state index in [9.17, 15) is 9.59 Å². The maximum absolute atomic E-state index is 13.9. The zero-order chi connectivity index (χ0) is 28.8. The normalized spacial score (nSPS) is 12.6. The molecule has 0 spiro atoms. The van der Waals surface area contributed by atoms with Gasteiger partial charge in [-0.05, 0) is 60.7 Å². The summed E-state index contributed by atoms with van der Waals surface area (Å²) >= 11 is 0. The van der Waals surface area contributed by atoms with Crippen molar-refractivity contribution in [3.05, 3.63) is 84.1 Å². The third-order valence-corrected chi connectivity index (χ3v) is 7.40. The van der Waals surface area contributed by atoms with Gasteiger partial charge in [0.25, 0.3) is 0 Å². The maximum Gasteiger partial charge on any atom is 0.322 e. The molecule has 1 aromatic heterocycles. The molecule has 0 aliphatic heterocycles. The highest BCUT2D eigenvalue weighted by Crippen LogP contribution is 2.31. The molecule has 1 heterocycles. The van der Waals surface area contributed by atoms with Crippen molar-refractivity contribution in [2.45, 2.75) is 31.8 Å². The average molecular weight is 557 g/mol. The first-order valence-corrected chi connectivity index (χ1v) is 13.7. The van der Waals surface area contributed by atoms with Crippen molar-refractivity contribution in [1.82, 2.24) is 14.8 Å². The molecule has 3 amide bonds. The molecule has 1 fully saturated rings. The lowest BCUT2D eigenvalue weighted by atomic mass is 10.1. The number of ether oxygens (including phenoxy) is 3. The molecular formula is C32H36N4O5. The zero-order valence-electron chi connectivity index (χ0n) is 23.7. The summed E-state index contributed by atoms with van der Waals surface area (Å²) in [6.07, 6.45) is 4.41. The van der Waals surface area contributed by atoms with Crippen molar-refractivity contribution >= 4 is 28.5 Å². The van der Waals surface area contributed by atoms with Gasteiger partial charge in [0.1, 0.15) is 12.3 Å². The van der Waals surface area contributed by atoms with E-state index in [1.807, 2.05) is 59.6 Å². The van der Waals surface area contributed by atoms with Gasteiger partial charge in [-0.25, -0.2) is 4.79 Å². The fourth-order valence-corrected chi connectivity index (χ4v) is 5.02. The Morgan fingerprint density at radius 1 is 0.902 bits per heavy atom. The first kappa shape index (κ1) is 27.9. The molecule has 1 aliphatic rings. The fraction of sp³-hybridized carbons (Fsp3) is 0.312. The zero-order valence-corrected chi connectivity index (χ0v) is 23.7. The monoisotopic (exact) mass is 556 g/mol. The maximum atomic E-state index is 13.9. The van der Waals surface area contributed by atoms with Gasteiger partial charge in [-0.3, -0.25) is 4.79 Å². The molecule has 0 atom stereocenters. The second-order valence-electron chi connectivity index (χ2n) is 10.1. The Hall–Kier alpha value is -4.66. The number of para-hydroxylation sites is 3. The molecule has 0 radical (unpaired) electrons. The Kier molecular flexibility index (Phi) is 8.62. The van der Waals surface area contributed by atoms with E-state index >= 15 is 0 Å². The highest BCUT2D eigenvalue weighted by molar-refractivity contribution is 5.94. The van der Waals surface area contributed by atoms with Crippen molar-refractivity contribution in [3.63, 3.8) is 0 Å². The minimum absolute atomic E-state index is 0.0210. The summed E-state index contributed by atoms with van der Waals surface area (Å²) in [7, 11) is 4.75. The second-order valence-corrected chi connectivity index (χ2v) is 10.1. The molecule has 5 rings (SSSR count). The lowest BCUT2D eigenvalue weighted by Crippen LogP contribution is -2.45. The predicted molar refractivity (Wildman–Crippen MR) is 159 cm³/mol. The number of nitrogens with zero attached hydrogens (tertiary/aromatic N) is 2. The van der Waals surface area contributed by atoms with Gasteiger partial charge >= 0.3 is 6.03 Å². The minimum atomic E-state index is -0.312. The highest BCUT2D eigenvalue weighted by atomic mass is 16.5. The van der Waals surface area contributed by atoms with Gasteiger partial charge in [0, 0.05) is 36.2 Å². The number of hydrogen-bond acceptors (Lipinski definition) is 5. The van der Waals surface area contributed by atoms with Crippen LogP contribution in [0.4, 0.5) is 10.5 Å². The Morgan fingerprint density at radius 3 is 2.39 bits per heavy atom. The lowest BCUT2D eigenvalue weighted by molar-refractivity contribution is -0.132. The number of hydrogen-bond donors (Lipinski definition) is 2. The molecule has 4 aromatic rings. The van der Waals surface area contributed by atoms with Gasteiger partial charge < -0.3 is 34.3 Å². The van der Waals surface area contributed by atoms with Gasteiger partial charge in [0.15, 0.2) is 11.5 Å². The summed E-state index contributed by atoms with van der Waals surface area (Å²) in [5.41, 5.74) is 3.68. The third-order valence-electron chi connectivity index (χ3n) is 7.40. The molecule has 9 nitrogen and oxygen atoms in total. The van der Waals surface area contributed by atoms with Crippen LogP contribution in [0.25, 0.3) is 10.9 Å². The number of carbonyl (C=O) groups excluding carboxylic acids is 2. The first-order chi connectivity index (χ1) is 20.0. The smallest absolute Gasteiger partial charge is 0.322 e. The number of fused-ring (bicyclic) bond motifs is 1. The van der Waals surface area contributed by atoms with E-state index in [2.05, 4.69) is 16.4 Å². The summed E-state index contributed by atoms with van der Waals surface area (Å²) in [6.45, 7) is 0.836. The van der Waals surface area contributed by atoms with Crippen LogP contribution in [0.1, 0.15) is 24.0 Å². The predicted octanol–water partition coefficient (Wildman–Crippen LogP) is 5.46. The number of rotatable bonds is 12. The first-order valence-electron chi connectivity index (χ1n) is 13.7. The Balaban J connectivity index is 1.36. The average Bonchev–Trinajstić information content (AvgIpc) is 3.77. The van der Waals surface area contributed by atoms with Gasteiger partial charge in [0.2, 0.25) is 5.91 Å². The van der Waals surface area contributed by atoms with Gasteiger partial charge in [-0.2, -0.15) is 0 Å². The number of benzene rings is 3. The van der Waals surface area contributed by atoms with Crippen LogP contribution >= 0.6 is 0 Å². The van der Waals surface area contributed by atoms with Crippen LogP contribution in [0.2, 0.25) is 0 Å². The van der Waals surface area contributed by atoms with Crippen LogP contribution in [0.15, 0.2) is 72.9 Å². The number of anilines is 1. The number of amides is 3. The Morgan fingerprint density at radius 2 is 1.63 bits per heavy atom. The number of carbonyl (C=O) groups is 2. The largest absolute Gasteiger partial charge is 0.495 e. The summed E-state index contributed by atoms with van der Waals surface area (Å²) in [5, 5.41) is 4.08. The summed E-state index contributed by atoms with van der Waals surface area (Å²) in [4.78, 5) is 34.0. The van der Waals surface area contributed by atoms with Gasteiger partial charge in [-0.1, -0.05) is 36.4 Å². The number of nitrogens with one attached hydrogen (secondary N) is 2.